The predicted molar refractivity (Wildman–Crippen MR) is 81.2 cm³/mol. The summed E-state index contributed by atoms with van der Waals surface area (Å²) in [6.07, 6.45) is 2.68. The van der Waals surface area contributed by atoms with Crippen molar-refractivity contribution in [3.8, 4) is 0 Å². The highest BCUT2D eigenvalue weighted by Crippen LogP contribution is 2.21. The molecule has 2 rings (SSSR count). The summed E-state index contributed by atoms with van der Waals surface area (Å²) in [6, 6.07) is 11.9. The molecule has 100 valence electrons. The minimum Gasteiger partial charge on any atom is -0.308 e. The van der Waals surface area contributed by atoms with Crippen molar-refractivity contribution in [2.45, 2.75) is 24.9 Å². The molecule has 0 spiro atoms. The Balaban J connectivity index is 2.00. The standard InChI is InChI=1S/C15H24N2S/c1-17(2)11-15(13-7-4-3-5-8-13)16-14-9-6-10-18-12-14/h3-5,7-8,14-16H,6,9-12H2,1-2H3. The molecular formula is C15H24N2S. The number of nitrogens with one attached hydrogen (secondary N) is 1. The van der Waals surface area contributed by atoms with Crippen LogP contribution in [0.2, 0.25) is 0 Å². The first-order valence-corrected chi connectivity index (χ1v) is 7.94. The Kier molecular flexibility index (Phi) is 5.54. The Morgan fingerprint density at radius 2 is 2.11 bits per heavy atom. The van der Waals surface area contributed by atoms with Crippen LogP contribution in [-0.4, -0.2) is 43.1 Å². The normalized spacial score (nSPS) is 22.1. The van der Waals surface area contributed by atoms with E-state index in [0.29, 0.717) is 12.1 Å². The average molecular weight is 264 g/mol. The lowest BCUT2D eigenvalue weighted by Gasteiger charge is -2.30. The van der Waals surface area contributed by atoms with Gasteiger partial charge in [0.2, 0.25) is 0 Å². The van der Waals surface area contributed by atoms with Crippen LogP contribution in [0.25, 0.3) is 0 Å². The Labute approximate surface area is 115 Å². The highest BCUT2D eigenvalue weighted by Gasteiger charge is 2.19. The lowest BCUT2D eigenvalue weighted by molar-refractivity contribution is 0.319. The van der Waals surface area contributed by atoms with Crippen LogP contribution < -0.4 is 5.32 Å². The fraction of sp³-hybridized carbons (Fsp3) is 0.600. The molecule has 0 aliphatic carbocycles. The second-order valence-electron chi connectivity index (χ2n) is 5.31. The lowest BCUT2D eigenvalue weighted by Crippen LogP contribution is -2.40. The molecular weight excluding hydrogens is 240 g/mol. The maximum Gasteiger partial charge on any atom is 0.0451 e. The largest absolute Gasteiger partial charge is 0.308 e. The predicted octanol–water partition coefficient (Wildman–Crippen LogP) is 2.77. The molecule has 1 aliphatic rings. The Morgan fingerprint density at radius 1 is 1.33 bits per heavy atom. The van der Waals surface area contributed by atoms with Gasteiger partial charge in [0.25, 0.3) is 0 Å². The number of rotatable bonds is 5. The molecule has 1 aromatic carbocycles. The van der Waals surface area contributed by atoms with E-state index >= 15 is 0 Å². The van der Waals surface area contributed by atoms with Crippen molar-refractivity contribution in [1.82, 2.24) is 10.2 Å². The summed E-state index contributed by atoms with van der Waals surface area (Å²) in [5.41, 5.74) is 1.40. The van der Waals surface area contributed by atoms with E-state index in [1.54, 1.807) is 0 Å². The monoisotopic (exact) mass is 264 g/mol. The van der Waals surface area contributed by atoms with Crippen molar-refractivity contribution < 1.29 is 0 Å². The lowest BCUT2D eigenvalue weighted by atomic mass is 10.0. The van der Waals surface area contributed by atoms with Crippen molar-refractivity contribution in [2.24, 2.45) is 0 Å². The molecule has 1 saturated heterocycles. The summed E-state index contributed by atoms with van der Waals surface area (Å²) in [4.78, 5) is 2.26. The van der Waals surface area contributed by atoms with Crippen molar-refractivity contribution >= 4 is 11.8 Å². The number of hydrogen-bond acceptors (Lipinski definition) is 3. The van der Waals surface area contributed by atoms with Crippen LogP contribution in [0.1, 0.15) is 24.4 Å². The van der Waals surface area contributed by atoms with E-state index in [2.05, 4.69) is 66.4 Å². The molecule has 3 heteroatoms. The molecule has 2 unspecified atom stereocenters. The van der Waals surface area contributed by atoms with Gasteiger partial charge in [-0.2, -0.15) is 11.8 Å². The van der Waals surface area contributed by atoms with E-state index in [0.717, 1.165) is 6.54 Å². The first-order valence-electron chi connectivity index (χ1n) is 6.79. The van der Waals surface area contributed by atoms with Gasteiger partial charge in [-0.3, -0.25) is 0 Å². The minimum absolute atomic E-state index is 0.449. The van der Waals surface area contributed by atoms with Gasteiger partial charge >= 0.3 is 0 Å². The Hall–Kier alpha value is -0.510. The molecule has 1 fully saturated rings. The number of hydrogen-bond donors (Lipinski definition) is 1. The third-order valence-corrected chi connectivity index (χ3v) is 4.56. The van der Waals surface area contributed by atoms with Crippen LogP contribution in [-0.2, 0) is 0 Å². The molecule has 2 atom stereocenters. The van der Waals surface area contributed by atoms with Gasteiger partial charge in [-0.05, 0) is 38.3 Å². The first-order chi connectivity index (χ1) is 8.75. The molecule has 1 aliphatic heterocycles. The topological polar surface area (TPSA) is 15.3 Å². The zero-order valence-electron chi connectivity index (χ0n) is 11.4. The van der Waals surface area contributed by atoms with E-state index < -0.39 is 0 Å². The second-order valence-corrected chi connectivity index (χ2v) is 6.46. The quantitative estimate of drug-likeness (QED) is 0.880. The Bertz CT molecular complexity index is 334. The molecule has 1 N–H and O–H groups in total. The van der Waals surface area contributed by atoms with E-state index in [-0.39, 0.29) is 0 Å². The fourth-order valence-electron chi connectivity index (χ4n) is 2.46. The number of nitrogens with zero attached hydrogens (tertiary/aromatic N) is 1. The van der Waals surface area contributed by atoms with Crippen LogP contribution in [0.5, 0.6) is 0 Å². The summed E-state index contributed by atoms with van der Waals surface area (Å²) in [6.45, 7) is 1.06. The van der Waals surface area contributed by atoms with Gasteiger partial charge in [-0.15, -0.1) is 0 Å². The van der Waals surface area contributed by atoms with Crippen molar-refractivity contribution in [1.29, 1.82) is 0 Å². The van der Waals surface area contributed by atoms with Crippen LogP contribution in [0, 0.1) is 0 Å². The van der Waals surface area contributed by atoms with Crippen molar-refractivity contribution in [3.05, 3.63) is 35.9 Å². The number of likely N-dealkylation sites (N-methyl/N-ethyl adjacent to an activating group) is 1. The van der Waals surface area contributed by atoms with Gasteiger partial charge in [0.15, 0.2) is 0 Å². The smallest absolute Gasteiger partial charge is 0.0451 e. The van der Waals surface area contributed by atoms with E-state index in [1.807, 2.05) is 0 Å². The molecule has 0 saturated carbocycles. The highest BCUT2D eigenvalue weighted by molar-refractivity contribution is 7.99. The summed E-state index contributed by atoms with van der Waals surface area (Å²) in [7, 11) is 4.29. The fourth-order valence-corrected chi connectivity index (χ4v) is 3.55. The van der Waals surface area contributed by atoms with Gasteiger partial charge < -0.3 is 10.2 Å². The molecule has 0 bridgehead atoms. The van der Waals surface area contributed by atoms with Crippen molar-refractivity contribution in [3.63, 3.8) is 0 Å². The van der Waals surface area contributed by atoms with Crippen LogP contribution in [0.15, 0.2) is 30.3 Å². The van der Waals surface area contributed by atoms with Gasteiger partial charge in [0, 0.05) is 24.4 Å². The van der Waals surface area contributed by atoms with Gasteiger partial charge in [-0.25, -0.2) is 0 Å². The molecule has 0 amide bonds. The maximum absolute atomic E-state index is 3.84. The van der Waals surface area contributed by atoms with Crippen LogP contribution in [0.4, 0.5) is 0 Å². The average Bonchev–Trinajstić information content (AvgIpc) is 2.40. The zero-order valence-corrected chi connectivity index (χ0v) is 12.2. The van der Waals surface area contributed by atoms with Gasteiger partial charge in [0.1, 0.15) is 0 Å². The zero-order chi connectivity index (χ0) is 12.8. The minimum atomic E-state index is 0.449. The molecule has 18 heavy (non-hydrogen) atoms. The molecule has 0 aromatic heterocycles. The summed E-state index contributed by atoms with van der Waals surface area (Å²) >= 11 is 2.08. The third kappa shape index (κ3) is 4.30. The summed E-state index contributed by atoms with van der Waals surface area (Å²) in [5.74, 6) is 2.60. The van der Waals surface area contributed by atoms with Crippen LogP contribution in [0.3, 0.4) is 0 Å². The van der Waals surface area contributed by atoms with Crippen LogP contribution >= 0.6 is 11.8 Å². The molecule has 1 aromatic rings. The van der Waals surface area contributed by atoms with E-state index in [9.17, 15) is 0 Å². The van der Waals surface area contributed by atoms with Gasteiger partial charge in [-0.1, -0.05) is 30.3 Å². The molecule has 2 nitrogen and oxygen atoms in total. The van der Waals surface area contributed by atoms with Gasteiger partial charge in [0.05, 0.1) is 0 Å². The summed E-state index contributed by atoms with van der Waals surface area (Å²) in [5, 5.41) is 3.84. The van der Waals surface area contributed by atoms with E-state index in [1.165, 1.54) is 29.9 Å². The second kappa shape index (κ2) is 7.17. The SMILES string of the molecule is CN(C)CC(NC1CCCSC1)c1ccccc1. The Morgan fingerprint density at radius 3 is 2.72 bits per heavy atom. The van der Waals surface area contributed by atoms with E-state index in [4.69, 9.17) is 0 Å². The molecule has 0 radical (unpaired) electrons. The molecule has 1 heterocycles. The number of thioether (sulfide) groups is 1. The van der Waals surface area contributed by atoms with Crippen molar-refractivity contribution in [2.75, 3.05) is 32.1 Å². The summed E-state index contributed by atoms with van der Waals surface area (Å²) < 4.78 is 0. The highest BCUT2D eigenvalue weighted by atomic mass is 32.2. The maximum atomic E-state index is 3.84. The third-order valence-electron chi connectivity index (χ3n) is 3.35. The number of benzene rings is 1. The first kappa shape index (κ1) is 13.9.